The Hall–Kier alpha value is -2.54. The lowest BCUT2D eigenvalue weighted by molar-refractivity contribution is -0.121. The second-order valence-corrected chi connectivity index (χ2v) is 7.64. The molecular formula is C23H27F3N2O2. The van der Waals surface area contributed by atoms with Gasteiger partial charge in [-0.1, -0.05) is 36.4 Å². The topological polar surface area (TPSA) is 41.6 Å². The maximum absolute atomic E-state index is 13.6. The molecule has 1 N–H and O–H groups in total. The SMILES string of the molecule is O=C(CC[C@H]1CCCN(Cc2ccccc2OC(F)F)C1)NCc1ccccc1F. The summed E-state index contributed by atoms with van der Waals surface area (Å²) >= 11 is 0. The highest BCUT2D eigenvalue weighted by Crippen LogP contribution is 2.26. The molecule has 1 saturated heterocycles. The van der Waals surface area contributed by atoms with Gasteiger partial charge >= 0.3 is 6.61 Å². The summed E-state index contributed by atoms with van der Waals surface area (Å²) in [5.74, 6) is 0.158. The highest BCUT2D eigenvalue weighted by atomic mass is 19.3. The number of carbonyl (C=O) groups is 1. The van der Waals surface area contributed by atoms with E-state index < -0.39 is 6.61 Å². The fourth-order valence-corrected chi connectivity index (χ4v) is 3.88. The van der Waals surface area contributed by atoms with Crippen molar-refractivity contribution < 1.29 is 22.7 Å². The van der Waals surface area contributed by atoms with Crippen LogP contribution < -0.4 is 10.1 Å². The predicted octanol–water partition coefficient (Wildman–Crippen LogP) is 4.74. The van der Waals surface area contributed by atoms with Crippen LogP contribution in [-0.4, -0.2) is 30.5 Å². The van der Waals surface area contributed by atoms with Crippen LogP contribution in [0.15, 0.2) is 48.5 Å². The number of benzene rings is 2. The number of alkyl halides is 2. The number of rotatable bonds is 9. The number of halogens is 3. The van der Waals surface area contributed by atoms with E-state index in [1.54, 1.807) is 36.4 Å². The molecule has 1 fully saturated rings. The zero-order valence-electron chi connectivity index (χ0n) is 16.8. The highest BCUT2D eigenvalue weighted by Gasteiger charge is 2.22. The van der Waals surface area contributed by atoms with Gasteiger partial charge < -0.3 is 10.1 Å². The average molecular weight is 420 g/mol. The maximum atomic E-state index is 13.6. The quantitative estimate of drug-likeness (QED) is 0.637. The Morgan fingerprint density at radius 3 is 2.63 bits per heavy atom. The van der Waals surface area contributed by atoms with Gasteiger partial charge in [-0.3, -0.25) is 9.69 Å². The molecule has 0 aromatic heterocycles. The molecule has 1 atom stereocenters. The van der Waals surface area contributed by atoms with Gasteiger partial charge in [0.15, 0.2) is 0 Å². The average Bonchev–Trinajstić information content (AvgIpc) is 2.73. The van der Waals surface area contributed by atoms with Crippen molar-refractivity contribution in [2.45, 2.75) is 45.4 Å². The van der Waals surface area contributed by atoms with E-state index in [1.807, 2.05) is 6.07 Å². The van der Waals surface area contributed by atoms with Crippen LogP contribution in [0.5, 0.6) is 5.75 Å². The van der Waals surface area contributed by atoms with E-state index in [0.29, 0.717) is 24.4 Å². The number of hydrogen-bond donors (Lipinski definition) is 1. The zero-order chi connectivity index (χ0) is 21.3. The number of nitrogens with zero attached hydrogens (tertiary/aromatic N) is 1. The molecular weight excluding hydrogens is 393 g/mol. The Kier molecular flexibility index (Phi) is 8.13. The molecule has 1 aliphatic heterocycles. The lowest BCUT2D eigenvalue weighted by atomic mass is 9.93. The first-order valence-corrected chi connectivity index (χ1v) is 10.3. The molecule has 1 amide bonds. The van der Waals surface area contributed by atoms with Gasteiger partial charge in [-0.05, 0) is 43.9 Å². The number of para-hydroxylation sites is 1. The van der Waals surface area contributed by atoms with Crippen LogP contribution in [0.3, 0.4) is 0 Å². The molecule has 0 bridgehead atoms. The van der Waals surface area contributed by atoms with Crippen molar-refractivity contribution in [1.29, 1.82) is 0 Å². The minimum Gasteiger partial charge on any atom is -0.434 e. The van der Waals surface area contributed by atoms with Crippen LogP contribution in [0.25, 0.3) is 0 Å². The number of piperidine rings is 1. The van der Waals surface area contributed by atoms with Crippen molar-refractivity contribution in [2.24, 2.45) is 5.92 Å². The van der Waals surface area contributed by atoms with E-state index in [2.05, 4.69) is 15.0 Å². The summed E-state index contributed by atoms with van der Waals surface area (Å²) < 4.78 is 43.5. The van der Waals surface area contributed by atoms with Gasteiger partial charge in [0.1, 0.15) is 11.6 Å². The fourth-order valence-electron chi connectivity index (χ4n) is 3.88. The third-order valence-corrected chi connectivity index (χ3v) is 5.40. The standard InChI is InChI=1S/C23H27F3N2O2/c24-20-9-3-1-7-18(20)14-27-22(29)12-11-17-6-5-13-28(15-17)16-19-8-2-4-10-21(19)30-23(25)26/h1-4,7-10,17,23H,5-6,11-16H2,(H,27,29)/t17-/m1/s1. The lowest BCUT2D eigenvalue weighted by Gasteiger charge is -2.33. The van der Waals surface area contributed by atoms with Crippen LogP contribution in [-0.2, 0) is 17.9 Å². The van der Waals surface area contributed by atoms with Gasteiger partial charge in [-0.25, -0.2) is 4.39 Å². The third kappa shape index (κ3) is 6.76. The van der Waals surface area contributed by atoms with E-state index in [1.165, 1.54) is 6.07 Å². The highest BCUT2D eigenvalue weighted by molar-refractivity contribution is 5.75. The van der Waals surface area contributed by atoms with Gasteiger partial charge in [0.25, 0.3) is 0 Å². The molecule has 2 aromatic carbocycles. The summed E-state index contributed by atoms with van der Waals surface area (Å²) in [5, 5.41) is 2.78. The number of carbonyl (C=O) groups excluding carboxylic acids is 1. The van der Waals surface area contributed by atoms with Gasteiger partial charge in [-0.15, -0.1) is 0 Å². The molecule has 7 heteroatoms. The first-order chi connectivity index (χ1) is 14.5. The number of likely N-dealkylation sites (tertiary alicyclic amines) is 1. The molecule has 0 saturated carbocycles. The summed E-state index contributed by atoms with van der Waals surface area (Å²) in [6, 6.07) is 13.3. The second-order valence-electron chi connectivity index (χ2n) is 7.64. The van der Waals surface area contributed by atoms with Crippen LogP contribution in [0, 0.1) is 11.7 Å². The summed E-state index contributed by atoms with van der Waals surface area (Å²) in [6.45, 7) is -0.423. The van der Waals surface area contributed by atoms with Crippen molar-refractivity contribution in [2.75, 3.05) is 13.1 Å². The van der Waals surface area contributed by atoms with E-state index in [4.69, 9.17) is 0 Å². The van der Waals surface area contributed by atoms with Gasteiger partial charge in [0.2, 0.25) is 5.91 Å². The molecule has 0 aliphatic carbocycles. The van der Waals surface area contributed by atoms with E-state index >= 15 is 0 Å². The molecule has 0 unspecified atom stereocenters. The molecule has 30 heavy (non-hydrogen) atoms. The summed E-state index contributed by atoms with van der Waals surface area (Å²) in [4.78, 5) is 14.4. The normalized spacial score (nSPS) is 17.1. The summed E-state index contributed by atoms with van der Waals surface area (Å²) in [7, 11) is 0. The Morgan fingerprint density at radius 1 is 1.13 bits per heavy atom. The first kappa shape index (κ1) is 22.2. The lowest BCUT2D eigenvalue weighted by Crippen LogP contribution is -2.35. The van der Waals surface area contributed by atoms with Crippen LogP contribution in [0.1, 0.15) is 36.8 Å². The monoisotopic (exact) mass is 420 g/mol. The van der Waals surface area contributed by atoms with Gasteiger partial charge in [0.05, 0.1) is 0 Å². The summed E-state index contributed by atoms with van der Waals surface area (Å²) in [6.07, 6.45) is 3.17. The largest absolute Gasteiger partial charge is 0.434 e. The fraction of sp³-hybridized carbons (Fsp3) is 0.435. The molecule has 4 nitrogen and oxygen atoms in total. The molecule has 0 radical (unpaired) electrons. The van der Waals surface area contributed by atoms with E-state index in [9.17, 15) is 18.0 Å². The predicted molar refractivity (Wildman–Crippen MR) is 109 cm³/mol. The smallest absolute Gasteiger partial charge is 0.387 e. The Balaban J connectivity index is 1.45. The molecule has 0 spiro atoms. The number of nitrogens with one attached hydrogen (secondary N) is 1. The second kappa shape index (κ2) is 11.0. The van der Waals surface area contributed by atoms with Gasteiger partial charge in [-0.2, -0.15) is 8.78 Å². The van der Waals surface area contributed by atoms with Crippen LogP contribution in [0.4, 0.5) is 13.2 Å². The van der Waals surface area contributed by atoms with E-state index in [-0.39, 0.29) is 24.0 Å². The van der Waals surface area contributed by atoms with Crippen LogP contribution in [0.2, 0.25) is 0 Å². The minimum atomic E-state index is -2.84. The molecule has 3 rings (SSSR count). The van der Waals surface area contributed by atoms with E-state index in [0.717, 1.165) is 37.9 Å². The van der Waals surface area contributed by atoms with Crippen molar-refractivity contribution in [1.82, 2.24) is 10.2 Å². The van der Waals surface area contributed by atoms with Crippen molar-refractivity contribution in [3.05, 3.63) is 65.5 Å². The zero-order valence-corrected chi connectivity index (χ0v) is 16.8. The Bertz CT molecular complexity index is 832. The Labute approximate surface area is 175 Å². The first-order valence-electron chi connectivity index (χ1n) is 10.3. The molecule has 2 aromatic rings. The van der Waals surface area contributed by atoms with Crippen LogP contribution >= 0.6 is 0 Å². The van der Waals surface area contributed by atoms with Crippen molar-refractivity contribution in [3.63, 3.8) is 0 Å². The maximum Gasteiger partial charge on any atom is 0.387 e. The number of hydrogen-bond acceptors (Lipinski definition) is 3. The minimum absolute atomic E-state index is 0.0916. The molecule has 1 heterocycles. The van der Waals surface area contributed by atoms with Crippen molar-refractivity contribution >= 4 is 5.91 Å². The summed E-state index contributed by atoms with van der Waals surface area (Å²) in [5.41, 5.74) is 1.21. The number of amides is 1. The molecule has 162 valence electrons. The third-order valence-electron chi connectivity index (χ3n) is 5.40. The molecule has 1 aliphatic rings. The number of ether oxygens (including phenoxy) is 1. The van der Waals surface area contributed by atoms with Crippen molar-refractivity contribution in [3.8, 4) is 5.75 Å². The van der Waals surface area contributed by atoms with Gasteiger partial charge in [0, 0.05) is 37.2 Å². The Morgan fingerprint density at radius 2 is 1.87 bits per heavy atom.